The summed E-state index contributed by atoms with van der Waals surface area (Å²) in [5, 5.41) is 0. The van der Waals surface area contributed by atoms with Crippen molar-refractivity contribution in [3.63, 3.8) is 0 Å². The molecule has 250 valence electrons. The summed E-state index contributed by atoms with van der Waals surface area (Å²) in [6.45, 7) is 0. The Morgan fingerprint density at radius 1 is 0.745 bits per heavy atom. The zero-order valence-electron chi connectivity index (χ0n) is 28.9. The average Bonchev–Trinajstić information content (AvgIpc) is 3.83. The van der Waals surface area contributed by atoms with Crippen molar-refractivity contribution in [1.82, 2.24) is 0 Å². The highest BCUT2D eigenvalue weighted by atomic mass is 16.5. The van der Waals surface area contributed by atoms with Crippen LogP contribution in [-0.4, -0.2) is 6.10 Å². The molecule has 7 aliphatic carbocycles. The number of rotatable bonds is 4. The van der Waals surface area contributed by atoms with Crippen LogP contribution in [0.4, 0.5) is 5.69 Å². The monoisotopic (exact) mass is 661 g/mol. The predicted molar refractivity (Wildman–Crippen MR) is 208 cm³/mol. The smallest absolute Gasteiger partial charge is 0.129 e. The number of allylic oxidation sites excluding steroid dienone is 13. The van der Waals surface area contributed by atoms with Gasteiger partial charge >= 0.3 is 0 Å². The van der Waals surface area contributed by atoms with Gasteiger partial charge in [-0.3, -0.25) is 0 Å². The maximum absolute atomic E-state index is 6.61. The fourth-order valence-corrected chi connectivity index (χ4v) is 11.6. The van der Waals surface area contributed by atoms with Crippen LogP contribution in [0.2, 0.25) is 0 Å². The number of hydrogen-bond donors (Lipinski definition) is 0. The third-order valence-corrected chi connectivity index (χ3v) is 13.4. The molecule has 3 aromatic rings. The van der Waals surface area contributed by atoms with Crippen LogP contribution >= 0.6 is 0 Å². The minimum absolute atomic E-state index is 0.0228. The summed E-state index contributed by atoms with van der Waals surface area (Å²) in [5.41, 5.74) is 12.6. The van der Waals surface area contributed by atoms with E-state index < -0.39 is 0 Å². The van der Waals surface area contributed by atoms with E-state index in [1.165, 1.54) is 58.6 Å². The fraction of sp³-hybridized carbons (Fsp3) is 0.265. The normalized spacial score (nSPS) is 33.0. The molecular weight excluding hydrogens is 619 g/mol. The van der Waals surface area contributed by atoms with Gasteiger partial charge in [-0.1, -0.05) is 115 Å². The van der Waals surface area contributed by atoms with Gasteiger partial charge in [-0.15, -0.1) is 0 Å². The lowest BCUT2D eigenvalue weighted by atomic mass is 9.58. The van der Waals surface area contributed by atoms with Crippen molar-refractivity contribution in [2.24, 2.45) is 35.5 Å². The zero-order chi connectivity index (χ0) is 33.5. The van der Waals surface area contributed by atoms with Crippen LogP contribution in [-0.2, 0) is 10.2 Å². The number of fused-ring (bicyclic) bond motifs is 12. The molecule has 2 nitrogen and oxygen atoms in total. The third kappa shape index (κ3) is 4.23. The number of hydrogen-bond acceptors (Lipinski definition) is 2. The molecule has 1 aliphatic heterocycles. The van der Waals surface area contributed by atoms with E-state index in [9.17, 15) is 0 Å². The van der Waals surface area contributed by atoms with Gasteiger partial charge < -0.3 is 9.64 Å². The highest BCUT2D eigenvalue weighted by molar-refractivity contribution is 5.83. The Bertz CT molecular complexity index is 2210. The Morgan fingerprint density at radius 3 is 2.49 bits per heavy atom. The summed E-state index contributed by atoms with van der Waals surface area (Å²) >= 11 is 0. The molecule has 0 aromatic heterocycles. The molecular formula is C49H43NO. The second-order valence-corrected chi connectivity index (χ2v) is 15.7. The molecule has 8 aliphatic rings. The first kappa shape index (κ1) is 29.6. The lowest BCUT2D eigenvalue weighted by Crippen LogP contribution is -2.43. The van der Waals surface area contributed by atoms with Gasteiger partial charge in [0, 0.05) is 22.5 Å². The molecule has 8 unspecified atom stereocenters. The summed E-state index contributed by atoms with van der Waals surface area (Å²) in [5.74, 6) is 3.50. The van der Waals surface area contributed by atoms with E-state index in [2.05, 4.69) is 163 Å². The number of anilines is 1. The van der Waals surface area contributed by atoms with Crippen molar-refractivity contribution in [2.45, 2.75) is 43.6 Å². The predicted octanol–water partition coefficient (Wildman–Crippen LogP) is 11.4. The third-order valence-electron chi connectivity index (χ3n) is 13.4. The molecule has 51 heavy (non-hydrogen) atoms. The number of nitrogens with zero attached hydrogens (tertiary/aromatic N) is 1. The molecule has 3 aromatic carbocycles. The van der Waals surface area contributed by atoms with Gasteiger partial charge in [0.2, 0.25) is 0 Å². The van der Waals surface area contributed by atoms with Gasteiger partial charge in [0.15, 0.2) is 0 Å². The largest absolute Gasteiger partial charge is 0.485 e. The Balaban J connectivity index is 1.12. The van der Waals surface area contributed by atoms with E-state index in [0.717, 1.165) is 18.6 Å². The van der Waals surface area contributed by atoms with Crippen LogP contribution in [0.3, 0.4) is 0 Å². The summed E-state index contributed by atoms with van der Waals surface area (Å²) in [6.07, 6.45) is 37.4. The van der Waals surface area contributed by atoms with Crippen LogP contribution in [0.15, 0.2) is 181 Å². The molecule has 1 fully saturated rings. The second-order valence-electron chi connectivity index (χ2n) is 15.7. The average molecular weight is 662 g/mol. The first-order valence-electron chi connectivity index (χ1n) is 19.3. The number of para-hydroxylation sites is 1. The SMILES string of the molecule is C1=CC2OC3=C(CCC=C3)C2C(N(C2=CC3C(C=C2)C2C=CC=CC2C32c3cc(-c4ccccc4)ccc3C3=CCCCC32)c2ccccc2)=C1. The molecule has 2 heteroatoms. The first-order chi connectivity index (χ1) is 25.3. The van der Waals surface area contributed by atoms with Gasteiger partial charge in [-0.05, 0) is 138 Å². The molecule has 0 amide bonds. The minimum Gasteiger partial charge on any atom is -0.485 e. The Kier molecular flexibility index (Phi) is 6.66. The van der Waals surface area contributed by atoms with E-state index in [4.69, 9.17) is 4.74 Å². The van der Waals surface area contributed by atoms with E-state index in [1.807, 2.05) is 0 Å². The van der Waals surface area contributed by atoms with Gasteiger partial charge in [-0.2, -0.15) is 0 Å². The Hall–Kier alpha value is -5.08. The van der Waals surface area contributed by atoms with Crippen molar-refractivity contribution in [2.75, 3.05) is 4.90 Å². The lowest BCUT2D eigenvalue weighted by Gasteiger charge is -2.45. The topological polar surface area (TPSA) is 12.5 Å². The maximum Gasteiger partial charge on any atom is 0.129 e. The fourth-order valence-electron chi connectivity index (χ4n) is 11.6. The summed E-state index contributed by atoms with van der Waals surface area (Å²) < 4.78 is 6.61. The lowest BCUT2D eigenvalue weighted by molar-refractivity contribution is 0.169. The zero-order valence-corrected chi connectivity index (χ0v) is 28.9. The highest BCUT2D eigenvalue weighted by Gasteiger charge is 2.65. The molecule has 0 radical (unpaired) electrons. The van der Waals surface area contributed by atoms with Crippen molar-refractivity contribution in [3.8, 4) is 11.1 Å². The standard InChI is InChI=1S/C49H43NO/c1-3-14-32(15-4-1)33-26-28-38-36-18-7-10-21-41(36)49(43(38)30-33)42-22-11-8-19-37(42)39-29-27-35(31-44(39)49)50(34-16-5-2-6-17-34)45-23-13-25-47-48(45)40-20-9-12-24-46(40)51-47/h1-6,8,11-19,22-31,37,39,41-42,44,47-48H,7,9-10,20-21H2. The summed E-state index contributed by atoms with van der Waals surface area (Å²) in [6, 6.07) is 29.6. The molecule has 0 saturated heterocycles. The number of ether oxygens (including phenoxy) is 1. The number of benzene rings is 3. The molecule has 1 spiro atoms. The molecule has 1 heterocycles. The molecule has 0 bridgehead atoms. The second kappa shape index (κ2) is 11.5. The summed E-state index contributed by atoms with van der Waals surface area (Å²) in [4.78, 5) is 2.58. The maximum atomic E-state index is 6.61. The van der Waals surface area contributed by atoms with Gasteiger partial charge in [0.25, 0.3) is 0 Å². The quantitative estimate of drug-likeness (QED) is 0.276. The van der Waals surface area contributed by atoms with Crippen LogP contribution < -0.4 is 4.90 Å². The minimum atomic E-state index is -0.0228. The van der Waals surface area contributed by atoms with E-state index in [1.54, 1.807) is 11.1 Å². The molecule has 1 saturated carbocycles. The van der Waals surface area contributed by atoms with Gasteiger partial charge in [0.05, 0.1) is 5.92 Å². The van der Waals surface area contributed by atoms with E-state index in [0.29, 0.717) is 29.6 Å². The van der Waals surface area contributed by atoms with Crippen molar-refractivity contribution < 1.29 is 4.74 Å². The summed E-state index contributed by atoms with van der Waals surface area (Å²) in [7, 11) is 0. The van der Waals surface area contributed by atoms with E-state index in [-0.39, 0.29) is 17.4 Å². The first-order valence-corrected chi connectivity index (χ1v) is 19.3. The highest BCUT2D eigenvalue weighted by Crippen LogP contribution is 2.70. The van der Waals surface area contributed by atoms with Crippen LogP contribution in [0.5, 0.6) is 0 Å². The van der Waals surface area contributed by atoms with Gasteiger partial charge in [-0.25, -0.2) is 0 Å². The van der Waals surface area contributed by atoms with Crippen molar-refractivity contribution in [1.29, 1.82) is 0 Å². The van der Waals surface area contributed by atoms with Crippen LogP contribution in [0.1, 0.15) is 43.2 Å². The van der Waals surface area contributed by atoms with Crippen LogP contribution in [0, 0.1) is 35.5 Å². The van der Waals surface area contributed by atoms with Crippen LogP contribution in [0.25, 0.3) is 16.7 Å². The molecule has 8 atom stereocenters. The van der Waals surface area contributed by atoms with E-state index >= 15 is 0 Å². The molecule has 11 rings (SSSR count). The molecule has 0 N–H and O–H groups in total. The van der Waals surface area contributed by atoms with Crippen molar-refractivity contribution >= 4 is 11.3 Å². The van der Waals surface area contributed by atoms with Gasteiger partial charge in [0.1, 0.15) is 11.9 Å². The van der Waals surface area contributed by atoms with Crippen molar-refractivity contribution in [3.05, 3.63) is 192 Å². The Labute approximate surface area is 301 Å². The Morgan fingerprint density at radius 2 is 1.59 bits per heavy atom.